The van der Waals surface area contributed by atoms with Crippen LogP contribution in [0.1, 0.15) is 21.7 Å². The number of carbonyl (C=O) groups is 2. The summed E-state index contributed by atoms with van der Waals surface area (Å²) in [5.74, 6) is 0.359. The molecule has 3 aromatic rings. The standard InChI is InChI=1S/C22H22ClN5O2S/c1-3-10-28-19(13-24-21(30)16-7-4-6-15(2)11-16)26-27-22(28)31-14-20(29)25-18-9-5-8-17(23)12-18/h3-9,11-12H,1,10,13-14H2,2H3,(H,24,30)(H,25,29). The minimum atomic E-state index is -0.188. The SMILES string of the molecule is C=CCn1c(CNC(=O)c2cccc(C)c2)nnc1SCC(=O)Nc1cccc(Cl)c1. The highest BCUT2D eigenvalue weighted by Crippen LogP contribution is 2.19. The maximum atomic E-state index is 12.4. The van der Waals surface area contributed by atoms with E-state index in [9.17, 15) is 9.59 Å². The molecule has 0 aliphatic carbocycles. The van der Waals surface area contributed by atoms with Gasteiger partial charge in [0.25, 0.3) is 5.91 Å². The van der Waals surface area contributed by atoms with E-state index in [-0.39, 0.29) is 24.1 Å². The van der Waals surface area contributed by atoms with Crippen molar-refractivity contribution in [3.63, 3.8) is 0 Å². The minimum absolute atomic E-state index is 0.150. The molecule has 0 aliphatic rings. The molecule has 2 amide bonds. The second-order valence-electron chi connectivity index (χ2n) is 6.70. The van der Waals surface area contributed by atoms with Gasteiger partial charge in [0.05, 0.1) is 12.3 Å². The summed E-state index contributed by atoms with van der Waals surface area (Å²) in [4.78, 5) is 24.7. The predicted octanol–water partition coefficient (Wildman–Crippen LogP) is 4.09. The van der Waals surface area contributed by atoms with E-state index in [0.29, 0.717) is 33.8 Å². The zero-order valence-electron chi connectivity index (χ0n) is 17.0. The Bertz CT molecular complexity index is 1100. The largest absolute Gasteiger partial charge is 0.345 e. The second kappa shape index (κ2) is 10.8. The van der Waals surface area contributed by atoms with Gasteiger partial charge in [0.15, 0.2) is 11.0 Å². The molecule has 2 aromatic carbocycles. The lowest BCUT2D eigenvalue weighted by molar-refractivity contribution is -0.113. The first-order valence-corrected chi connectivity index (χ1v) is 10.9. The maximum absolute atomic E-state index is 12.4. The number of nitrogens with zero attached hydrogens (tertiary/aromatic N) is 3. The lowest BCUT2D eigenvalue weighted by Gasteiger charge is -2.09. The molecule has 0 aliphatic heterocycles. The molecule has 0 radical (unpaired) electrons. The Labute approximate surface area is 189 Å². The summed E-state index contributed by atoms with van der Waals surface area (Å²) in [7, 11) is 0. The van der Waals surface area contributed by atoms with Crippen LogP contribution in [-0.4, -0.2) is 32.3 Å². The minimum Gasteiger partial charge on any atom is -0.345 e. The number of allylic oxidation sites excluding steroid dienone is 1. The third-order valence-corrected chi connectivity index (χ3v) is 5.44. The summed E-state index contributed by atoms with van der Waals surface area (Å²) in [5, 5.41) is 15.1. The van der Waals surface area contributed by atoms with Crippen molar-refractivity contribution in [2.75, 3.05) is 11.1 Å². The van der Waals surface area contributed by atoms with E-state index >= 15 is 0 Å². The van der Waals surface area contributed by atoms with Gasteiger partial charge in [0.2, 0.25) is 5.91 Å². The molecule has 1 aromatic heterocycles. The molecule has 0 fully saturated rings. The van der Waals surface area contributed by atoms with Gasteiger partial charge in [0.1, 0.15) is 0 Å². The molecule has 3 rings (SSSR count). The van der Waals surface area contributed by atoms with Crippen molar-refractivity contribution in [2.45, 2.75) is 25.2 Å². The molecule has 31 heavy (non-hydrogen) atoms. The fraction of sp³-hybridized carbons (Fsp3) is 0.182. The van der Waals surface area contributed by atoms with Crippen LogP contribution in [0.5, 0.6) is 0 Å². The number of aryl methyl sites for hydroxylation is 1. The average molecular weight is 456 g/mol. The van der Waals surface area contributed by atoms with Gasteiger partial charge in [-0.2, -0.15) is 0 Å². The Balaban J connectivity index is 1.61. The summed E-state index contributed by atoms with van der Waals surface area (Å²) < 4.78 is 1.82. The van der Waals surface area contributed by atoms with Crippen molar-refractivity contribution in [3.8, 4) is 0 Å². The second-order valence-corrected chi connectivity index (χ2v) is 8.08. The number of carbonyl (C=O) groups excluding carboxylic acids is 2. The van der Waals surface area contributed by atoms with Crippen LogP contribution in [0, 0.1) is 6.92 Å². The Morgan fingerprint density at radius 2 is 2.00 bits per heavy atom. The lowest BCUT2D eigenvalue weighted by Crippen LogP contribution is -2.25. The number of hydrogen-bond acceptors (Lipinski definition) is 5. The molecule has 7 nitrogen and oxygen atoms in total. The average Bonchev–Trinajstić information content (AvgIpc) is 3.12. The van der Waals surface area contributed by atoms with Crippen LogP contribution in [0.4, 0.5) is 5.69 Å². The van der Waals surface area contributed by atoms with E-state index in [0.717, 1.165) is 5.56 Å². The van der Waals surface area contributed by atoms with Gasteiger partial charge < -0.3 is 15.2 Å². The number of amides is 2. The van der Waals surface area contributed by atoms with Gasteiger partial charge in [-0.3, -0.25) is 9.59 Å². The van der Waals surface area contributed by atoms with Gasteiger partial charge in [-0.1, -0.05) is 53.2 Å². The van der Waals surface area contributed by atoms with E-state index in [1.54, 1.807) is 36.4 Å². The van der Waals surface area contributed by atoms with Gasteiger partial charge in [0, 0.05) is 22.8 Å². The van der Waals surface area contributed by atoms with Crippen LogP contribution >= 0.6 is 23.4 Å². The number of hydrogen-bond donors (Lipinski definition) is 2. The molecule has 0 saturated carbocycles. The highest BCUT2D eigenvalue weighted by molar-refractivity contribution is 7.99. The van der Waals surface area contributed by atoms with Crippen molar-refractivity contribution in [1.82, 2.24) is 20.1 Å². The molecular weight excluding hydrogens is 434 g/mol. The molecule has 160 valence electrons. The molecule has 0 saturated heterocycles. The fourth-order valence-corrected chi connectivity index (χ4v) is 3.77. The van der Waals surface area contributed by atoms with Crippen molar-refractivity contribution in [3.05, 3.63) is 83.2 Å². The summed E-state index contributed by atoms with van der Waals surface area (Å²) in [6, 6.07) is 14.3. The number of rotatable bonds is 9. The van der Waals surface area contributed by atoms with Crippen molar-refractivity contribution < 1.29 is 9.59 Å². The van der Waals surface area contributed by atoms with Gasteiger partial charge >= 0.3 is 0 Å². The zero-order valence-corrected chi connectivity index (χ0v) is 18.5. The van der Waals surface area contributed by atoms with Gasteiger partial charge in [-0.25, -0.2) is 0 Å². The van der Waals surface area contributed by atoms with Crippen molar-refractivity contribution >= 4 is 40.9 Å². The van der Waals surface area contributed by atoms with Gasteiger partial charge in [-0.15, -0.1) is 16.8 Å². The van der Waals surface area contributed by atoms with E-state index in [2.05, 4.69) is 27.4 Å². The molecule has 0 bridgehead atoms. The Morgan fingerprint density at radius 3 is 2.74 bits per heavy atom. The van der Waals surface area contributed by atoms with E-state index in [4.69, 9.17) is 11.6 Å². The number of benzene rings is 2. The molecule has 2 N–H and O–H groups in total. The summed E-state index contributed by atoms with van der Waals surface area (Å²) in [5.41, 5.74) is 2.23. The third-order valence-electron chi connectivity index (χ3n) is 4.23. The molecule has 1 heterocycles. The number of thioether (sulfide) groups is 1. The van der Waals surface area contributed by atoms with E-state index in [1.165, 1.54) is 11.8 Å². The normalized spacial score (nSPS) is 10.5. The van der Waals surface area contributed by atoms with Crippen LogP contribution < -0.4 is 10.6 Å². The Morgan fingerprint density at radius 1 is 1.19 bits per heavy atom. The Kier molecular flexibility index (Phi) is 7.86. The first-order valence-electron chi connectivity index (χ1n) is 9.52. The Hall–Kier alpha value is -3.10. The van der Waals surface area contributed by atoms with Gasteiger partial charge in [-0.05, 0) is 37.3 Å². The molecule has 0 unspecified atom stereocenters. The fourth-order valence-electron chi connectivity index (χ4n) is 2.81. The molecule has 0 spiro atoms. The van der Waals surface area contributed by atoms with Crippen LogP contribution in [0.25, 0.3) is 0 Å². The quantitative estimate of drug-likeness (QED) is 0.375. The molecule has 9 heteroatoms. The number of halogens is 1. The van der Waals surface area contributed by atoms with Crippen LogP contribution in [0.2, 0.25) is 5.02 Å². The first kappa shape index (κ1) is 22.6. The number of anilines is 1. The maximum Gasteiger partial charge on any atom is 0.251 e. The third kappa shape index (κ3) is 6.44. The molecular formula is C22H22ClN5O2S. The summed E-state index contributed by atoms with van der Waals surface area (Å²) in [6.45, 7) is 6.37. The molecule has 0 atom stereocenters. The zero-order chi connectivity index (χ0) is 22.2. The topological polar surface area (TPSA) is 88.9 Å². The van der Waals surface area contributed by atoms with Crippen molar-refractivity contribution in [1.29, 1.82) is 0 Å². The number of aromatic nitrogens is 3. The monoisotopic (exact) mass is 455 g/mol. The summed E-state index contributed by atoms with van der Waals surface area (Å²) in [6.07, 6.45) is 1.71. The van der Waals surface area contributed by atoms with Crippen molar-refractivity contribution in [2.24, 2.45) is 0 Å². The predicted molar refractivity (Wildman–Crippen MR) is 123 cm³/mol. The van der Waals surface area contributed by atoms with Crippen LogP contribution in [0.3, 0.4) is 0 Å². The summed E-state index contributed by atoms with van der Waals surface area (Å²) >= 11 is 7.20. The van der Waals surface area contributed by atoms with Crippen LogP contribution in [0.15, 0.2) is 66.3 Å². The number of nitrogens with one attached hydrogen (secondary N) is 2. The lowest BCUT2D eigenvalue weighted by atomic mass is 10.1. The van der Waals surface area contributed by atoms with E-state index < -0.39 is 0 Å². The first-order chi connectivity index (χ1) is 15.0. The highest BCUT2D eigenvalue weighted by Gasteiger charge is 2.15. The highest BCUT2D eigenvalue weighted by atomic mass is 35.5. The smallest absolute Gasteiger partial charge is 0.251 e. The van der Waals surface area contributed by atoms with E-state index in [1.807, 2.05) is 29.7 Å². The van der Waals surface area contributed by atoms with Crippen LogP contribution in [-0.2, 0) is 17.9 Å².